The van der Waals surface area contributed by atoms with E-state index in [0.29, 0.717) is 5.02 Å². The lowest BCUT2D eigenvalue weighted by Crippen LogP contribution is -2.54. The molecule has 3 rings (SSSR count). The number of rotatable bonds is 12. The van der Waals surface area contributed by atoms with Gasteiger partial charge in [0.25, 0.3) is 0 Å². The van der Waals surface area contributed by atoms with Crippen molar-refractivity contribution in [1.82, 2.24) is 10.2 Å². The van der Waals surface area contributed by atoms with Crippen LogP contribution >= 0.6 is 11.6 Å². The van der Waals surface area contributed by atoms with Crippen LogP contribution in [0.1, 0.15) is 42.5 Å². The van der Waals surface area contributed by atoms with Gasteiger partial charge in [0.15, 0.2) is 0 Å². The average molecular weight is 584 g/mol. The Morgan fingerprint density at radius 1 is 0.950 bits per heavy atom. The fourth-order valence-electron chi connectivity index (χ4n) is 4.35. The van der Waals surface area contributed by atoms with Crippen LogP contribution in [-0.2, 0) is 32.6 Å². The summed E-state index contributed by atoms with van der Waals surface area (Å²) in [6, 6.07) is 21.1. The molecule has 0 saturated heterocycles. The third-order valence-corrected chi connectivity index (χ3v) is 8.38. The summed E-state index contributed by atoms with van der Waals surface area (Å²) >= 11 is 6.30. The number of nitrogens with zero attached hydrogens (tertiary/aromatic N) is 2. The second-order valence-corrected chi connectivity index (χ2v) is 12.6. The van der Waals surface area contributed by atoms with E-state index in [1.807, 2.05) is 82.3 Å². The highest BCUT2D eigenvalue weighted by Gasteiger charge is 2.33. The van der Waals surface area contributed by atoms with Gasteiger partial charge >= 0.3 is 0 Å². The Morgan fingerprint density at radius 3 is 2.23 bits per heavy atom. The summed E-state index contributed by atoms with van der Waals surface area (Å²) in [6.45, 7) is 7.32. The van der Waals surface area contributed by atoms with Gasteiger partial charge in [0, 0.05) is 24.0 Å². The lowest BCUT2D eigenvalue weighted by atomic mass is 10.0. The van der Waals surface area contributed by atoms with E-state index in [4.69, 9.17) is 11.6 Å². The maximum atomic E-state index is 14.1. The largest absolute Gasteiger partial charge is 0.352 e. The summed E-state index contributed by atoms with van der Waals surface area (Å²) in [5.41, 5.74) is 3.81. The fourth-order valence-corrected chi connectivity index (χ4v) is 5.37. The number of halogens is 1. The first kappa shape index (κ1) is 31.2. The first-order valence-electron chi connectivity index (χ1n) is 13.3. The summed E-state index contributed by atoms with van der Waals surface area (Å²) in [6.07, 6.45) is 2.05. The van der Waals surface area contributed by atoms with Crippen molar-refractivity contribution >= 4 is 39.1 Å². The van der Waals surface area contributed by atoms with Crippen LogP contribution in [0.15, 0.2) is 72.8 Å². The molecule has 0 aliphatic carbocycles. The number of hydrogen-bond acceptors (Lipinski definition) is 4. The lowest BCUT2D eigenvalue weighted by molar-refractivity contribution is -0.140. The molecule has 3 aromatic rings. The van der Waals surface area contributed by atoms with Gasteiger partial charge in [-0.3, -0.25) is 13.9 Å². The van der Waals surface area contributed by atoms with Gasteiger partial charge < -0.3 is 10.2 Å². The topological polar surface area (TPSA) is 86.8 Å². The van der Waals surface area contributed by atoms with Crippen molar-refractivity contribution in [2.75, 3.05) is 17.1 Å². The SMILES string of the molecule is CC[C@@H](C)NC(=O)[C@@H](Cc1ccccc1)N(Cc1cccc(C)c1)C(=O)CN(c1ccc(C)c(Cl)c1)S(C)(=O)=O. The van der Waals surface area contributed by atoms with Crippen molar-refractivity contribution in [3.8, 4) is 0 Å². The molecule has 0 aliphatic rings. The number of anilines is 1. The lowest BCUT2D eigenvalue weighted by Gasteiger charge is -2.34. The summed E-state index contributed by atoms with van der Waals surface area (Å²) in [4.78, 5) is 29.3. The Morgan fingerprint density at radius 2 is 1.62 bits per heavy atom. The van der Waals surface area contributed by atoms with E-state index in [9.17, 15) is 18.0 Å². The first-order chi connectivity index (χ1) is 18.9. The van der Waals surface area contributed by atoms with Crippen molar-refractivity contribution in [2.45, 2.75) is 59.2 Å². The van der Waals surface area contributed by atoms with Crippen LogP contribution < -0.4 is 9.62 Å². The van der Waals surface area contributed by atoms with Crippen molar-refractivity contribution < 1.29 is 18.0 Å². The molecule has 0 fully saturated rings. The van der Waals surface area contributed by atoms with E-state index in [0.717, 1.165) is 39.2 Å². The first-order valence-corrected chi connectivity index (χ1v) is 15.5. The van der Waals surface area contributed by atoms with E-state index in [1.165, 1.54) is 11.0 Å². The predicted molar refractivity (Wildman–Crippen MR) is 162 cm³/mol. The quantitative estimate of drug-likeness (QED) is 0.314. The molecule has 214 valence electrons. The maximum absolute atomic E-state index is 14.1. The van der Waals surface area contributed by atoms with Gasteiger partial charge in [-0.15, -0.1) is 0 Å². The van der Waals surface area contributed by atoms with Crippen LogP contribution in [-0.4, -0.2) is 50.0 Å². The van der Waals surface area contributed by atoms with E-state index in [-0.39, 0.29) is 30.6 Å². The maximum Gasteiger partial charge on any atom is 0.244 e. The molecule has 0 radical (unpaired) electrons. The Bertz CT molecular complexity index is 1430. The number of hydrogen-bond donors (Lipinski definition) is 1. The second kappa shape index (κ2) is 13.8. The number of nitrogens with one attached hydrogen (secondary N) is 1. The minimum absolute atomic E-state index is 0.0936. The van der Waals surface area contributed by atoms with Gasteiger partial charge in [0.05, 0.1) is 11.9 Å². The van der Waals surface area contributed by atoms with Crippen molar-refractivity contribution in [3.63, 3.8) is 0 Å². The van der Waals surface area contributed by atoms with Gasteiger partial charge in [-0.05, 0) is 56.0 Å². The summed E-state index contributed by atoms with van der Waals surface area (Å²) in [5.74, 6) is -0.785. The Balaban J connectivity index is 2.07. The van der Waals surface area contributed by atoms with Crippen LogP contribution in [0.3, 0.4) is 0 Å². The zero-order chi connectivity index (χ0) is 29.4. The highest BCUT2D eigenvalue weighted by Crippen LogP contribution is 2.26. The zero-order valence-electron chi connectivity index (χ0n) is 23.7. The van der Waals surface area contributed by atoms with E-state index in [1.54, 1.807) is 12.1 Å². The highest BCUT2D eigenvalue weighted by molar-refractivity contribution is 7.92. The molecule has 2 amide bonds. The minimum atomic E-state index is -3.86. The third-order valence-electron chi connectivity index (χ3n) is 6.83. The Hall–Kier alpha value is -3.36. The average Bonchev–Trinajstić information content (AvgIpc) is 2.90. The third kappa shape index (κ3) is 8.57. The number of sulfonamides is 1. The van der Waals surface area contributed by atoms with Crippen LogP contribution in [0, 0.1) is 13.8 Å². The molecule has 1 N–H and O–H groups in total. The van der Waals surface area contributed by atoms with Crippen LogP contribution in [0.4, 0.5) is 5.69 Å². The summed E-state index contributed by atoms with van der Waals surface area (Å²) < 4.78 is 26.8. The molecule has 0 aromatic heterocycles. The zero-order valence-corrected chi connectivity index (χ0v) is 25.3. The molecular weight excluding hydrogens is 546 g/mol. The van der Waals surface area contributed by atoms with Gasteiger partial charge in [-0.2, -0.15) is 0 Å². The standard InChI is InChI=1S/C31H38ClN3O4S/c1-6-24(4)33-31(37)29(18-25-12-8-7-9-13-25)34(20-26-14-10-11-22(2)17-26)30(36)21-35(40(5,38)39)27-16-15-23(3)28(32)19-27/h7-17,19,24,29H,6,18,20-21H2,1-5H3,(H,33,37)/t24-,29-/m1/s1. The van der Waals surface area contributed by atoms with Crippen LogP contribution in [0.5, 0.6) is 0 Å². The van der Waals surface area contributed by atoms with Crippen LogP contribution in [0.2, 0.25) is 5.02 Å². The molecule has 0 unspecified atom stereocenters. The molecule has 9 heteroatoms. The fraction of sp³-hybridized carbons (Fsp3) is 0.355. The Kier molecular flexibility index (Phi) is 10.8. The molecular formula is C31H38ClN3O4S. The minimum Gasteiger partial charge on any atom is -0.352 e. The van der Waals surface area contributed by atoms with Crippen molar-refractivity contribution in [3.05, 3.63) is 100 Å². The van der Waals surface area contributed by atoms with E-state index >= 15 is 0 Å². The summed E-state index contributed by atoms with van der Waals surface area (Å²) in [7, 11) is -3.86. The van der Waals surface area contributed by atoms with Crippen LogP contribution in [0.25, 0.3) is 0 Å². The smallest absolute Gasteiger partial charge is 0.244 e. The number of amides is 2. The number of carbonyl (C=O) groups excluding carboxylic acids is 2. The molecule has 2 atom stereocenters. The second-order valence-electron chi connectivity index (χ2n) is 10.2. The molecule has 0 heterocycles. The van der Waals surface area contributed by atoms with Gasteiger partial charge in [-0.1, -0.05) is 84.8 Å². The van der Waals surface area contributed by atoms with Gasteiger partial charge in [0.1, 0.15) is 12.6 Å². The molecule has 0 aliphatic heterocycles. The normalized spacial score (nSPS) is 12.8. The Labute approximate surface area is 243 Å². The molecule has 0 saturated carbocycles. The molecule has 0 spiro atoms. The predicted octanol–water partition coefficient (Wildman–Crippen LogP) is 5.28. The monoisotopic (exact) mass is 583 g/mol. The molecule has 40 heavy (non-hydrogen) atoms. The van der Waals surface area contributed by atoms with E-state index in [2.05, 4.69) is 5.32 Å². The molecule has 7 nitrogen and oxygen atoms in total. The van der Waals surface area contributed by atoms with Gasteiger partial charge in [-0.25, -0.2) is 8.42 Å². The molecule has 0 bridgehead atoms. The molecule has 3 aromatic carbocycles. The van der Waals surface area contributed by atoms with E-state index < -0.39 is 28.5 Å². The van der Waals surface area contributed by atoms with Crippen molar-refractivity contribution in [2.24, 2.45) is 0 Å². The summed E-state index contributed by atoms with van der Waals surface area (Å²) in [5, 5.41) is 3.42. The number of carbonyl (C=O) groups is 2. The number of benzene rings is 3. The van der Waals surface area contributed by atoms with Gasteiger partial charge in [0.2, 0.25) is 21.8 Å². The van der Waals surface area contributed by atoms with Crippen molar-refractivity contribution in [1.29, 1.82) is 0 Å². The highest BCUT2D eigenvalue weighted by atomic mass is 35.5. The number of aryl methyl sites for hydroxylation is 2.